The molecule has 0 saturated heterocycles. The summed E-state index contributed by atoms with van der Waals surface area (Å²) < 4.78 is 15.4. The minimum Gasteiger partial charge on any atom is -0.325 e. The lowest BCUT2D eigenvalue weighted by molar-refractivity contribution is 0.627. The van der Waals surface area contributed by atoms with E-state index in [1.807, 2.05) is 19.2 Å². The molecule has 1 aliphatic carbocycles. The lowest BCUT2D eigenvalue weighted by atomic mass is 10.2. The van der Waals surface area contributed by atoms with Crippen LogP contribution in [0.1, 0.15) is 24.4 Å². The topological polar surface area (TPSA) is 29.9 Å². The Morgan fingerprint density at radius 1 is 1.35 bits per heavy atom. The Balaban J connectivity index is 1.88. The molecule has 1 aliphatic rings. The van der Waals surface area contributed by atoms with Crippen LogP contribution in [0.2, 0.25) is 0 Å². The van der Waals surface area contributed by atoms with E-state index in [9.17, 15) is 4.39 Å². The second-order valence-electron chi connectivity index (χ2n) is 4.53. The zero-order chi connectivity index (χ0) is 11.8. The number of aryl methyl sites for hydroxylation is 1. The standard InChI is InChI=1S/C13H14FN3/c1-9-6-10(14)8-11(7-9)16-13-15-4-5-17(13)12-2-3-12/h4-8,12H,2-3H2,1H3,(H,15,16). The summed E-state index contributed by atoms with van der Waals surface area (Å²) in [5.74, 6) is 0.564. The molecule has 0 radical (unpaired) electrons. The highest BCUT2D eigenvalue weighted by Gasteiger charge is 2.25. The van der Waals surface area contributed by atoms with Crippen LogP contribution in [0.5, 0.6) is 0 Å². The highest BCUT2D eigenvalue weighted by molar-refractivity contribution is 5.55. The second-order valence-corrected chi connectivity index (χ2v) is 4.53. The fourth-order valence-corrected chi connectivity index (χ4v) is 1.99. The van der Waals surface area contributed by atoms with Gasteiger partial charge in [-0.25, -0.2) is 9.37 Å². The number of hydrogen-bond donors (Lipinski definition) is 1. The normalized spacial score (nSPS) is 14.9. The van der Waals surface area contributed by atoms with Crippen molar-refractivity contribution in [2.24, 2.45) is 0 Å². The third-order valence-corrected chi connectivity index (χ3v) is 2.91. The number of hydrogen-bond acceptors (Lipinski definition) is 2. The van der Waals surface area contributed by atoms with Gasteiger partial charge in [-0.15, -0.1) is 0 Å². The van der Waals surface area contributed by atoms with Gasteiger partial charge in [-0.1, -0.05) is 0 Å². The summed E-state index contributed by atoms with van der Waals surface area (Å²) >= 11 is 0. The van der Waals surface area contributed by atoms with Gasteiger partial charge >= 0.3 is 0 Å². The first-order chi connectivity index (χ1) is 8.22. The average Bonchev–Trinajstić information content (AvgIpc) is 2.99. The molecule has 17 heavy (non-hydrogen) atoms. The number of nitrogens with zero attached hydrogens (tertiary/aromatic N) is 2. The summed E-state index contributed by atoms with van der Waals surface area (Å²) in [6, 6.07) is 5.47. The molecular weight excluding hydrogens is 217 g/mol. The highest BCUT2D eigenvalue weighted by Crippen LogP contribution is 2.37. The maximum absolute atomic E-state index is 13.3. The van der Waals surface area contributed by atoms with E-state index < -0.39 is 0 Å². The molecule has 1 aromatic heterocycles. The molecule has 0 amide bonds. The Morgan fingerprint density at radius 2 is 2.18 bits per heavy atom. The number of imidazole rings is 1. The molecule has 1 saturated carbocycles. The van der Waals surface area contributed by atoms with E-state index in [-0.39, 0.29) is 5.82 Å². The summed E-state index contributed by atoms with van der Waals surface area (Å²) in [6.07, 6.45) is 6.14. The highest BCUT2D eigenvalue weighted by atomic mass is 19.1. The number of halogens is 1. The SMILES string of the molecule is Cc1cc(F)cc(Nc2nccn2C2CC2)c1. The van der Waals surface area contributed by atoms with Crippen molar-refractivity contribution >= 4 is 11.6 Å². The minimum atomic E-state index is -0.225. The molecular formula is C13H14FN3. The van der Waals surface area contributed by atoms with Crippen LogP contribution in [0, 0.1) is 12.7 Å². The Morgan fingerprint density at radius 3 is 2.88 bits per heavy atom. The van der Waals surface area contributed by atoms with E-state index in [4.69, 9.17) is 0 Å². The van der Waals surface area contributed by atoms with Gasteiger partial charge in [-0.2, -0.15) is 0 Å². The lowest BCUT2D eigenvalue weighted by Crippen LogP contribution is -2.01. The summed E-state index contributed by atoms with van der Waals surface area (Å²) in [5.41, 5.74) is 1.65. The van der Waals surface area contributed by atoms with E-state index in [0.29, 0.717) is 6.04 Å². The molecule has 1 N–H and O–H groups in total. The quantitative estimate of drug-likeness (QED) is 0.877. The predicted molar refractivity (Wildman–Crippen MR) is 64.9 cm³/mol. The van der Waals surface area contributed by atoms with Gasteiger partial charge in [0.25, 0.3) is 0 Å². The van der Waals surface area contributed by atoms with Gasteiger partial charge in [0, 0.05) is 24.1 Å². The molecule has 0 aliphatic heterocycles. The van der Waals surface area contributed by atoms with E-state index >= 15 is 0 Å². The number of rotatable bonds is 3. The van der Waals surface area contributed by atoms with Gasteiger partial charge in [0.15, 0.2) is 0 Å². The smallest absolute Gasteiger partial charge is 0.207 e. The van der Waals surface area contributed by atoms with Crippen molar-refractivity contribution < 1.29 is 4.39 Å². The maximum atomic E-state index is 13.3. The molecule has 3 nitrogen and oxygen atoms in total. The van der Waals surface area contributed by atoms with Gasteiger partial charge < -0.3 is 9.88 Å². The molecule has 0 unspecified atom stereocenters. The lowest BCUT2D eigenvalue weighted by Gasteiger charge is -2.09. The molecule has 1 aromatic carbocycles. The van der Waals surface area contributed by atoms with Crippen molar-refractivity contribution in [2.75, 3.05) is 5.32 Å². The Labute approximate surface area is 99.3 Å². The number of aromatic nitrogens is 2. The number of anilines is 2. The van der Waals surface area contributed by atoms with Crippen LogP contribution in [0.15, 0.2) is 30.6 Å². The van der Waals surface area contributed by atoms with E-state index in [1.54, 1.807) is 6.20 Å². The summed E-state index contributed by atoms with van der Waals surface area (Å²) in [6.45, 7) is 1.88. The van der Waals surface area contributed by atoms with E-state index in [2.05, 4.69) is 14.9 Å². The first-order valence-corrected chi connectivity index (χ1v) is 5.79. The third-order valence-electron chi connectivity index (χ3n) is 2.91. The molecule has 3 rings (SSSR count). The first kappa shape index (κ1) is 10.3. The third kappa shape index (κ3) is 2.16. The maximum Gasteiger partial charge on any atom is 0.207 e. The largest absolute Gasteiger partial charge is 0.325 e. The number of benzene rings is 1. The monoisotopic (exact) mass is 231 g/mol. The van der Waals surface area contributed by atoms with Crippen LogP contribution in [0.4, 0.5) is 16.0 Å². The molecule has 1 heterocycles. The zero-order valence-electron chi connectivity index (χ0n) is 9.65. The summed E-state index contributed by atoms with van der Waals surface area (Å²) in [7, 11) is 0. The first-order valence-electron chi connectivity index (χ1n) is 5.79. The van der Waals surface area contributed by atoms with Crippen LogP contribution in [-0.2, 0) is 0 Å². The van der Waals surface area contributed by atoms with Crippen LogP contribution >= 0.6 is 0 Å². The zero-order valence-corrected chi connectivity index (χ0v) is 9.65. The van der Waals surface area contributed by atoms with Gasteiger partial charge in [0.1, 0.15) is 5.82 Å². The molecule has 88 valence electrons. The van der Waals surface area contributed by atoms with Crippen LogP contribution in [-0.4, -0.2) is 9.55 Å². The Bertz CT molecular complexity index is 523. The predicted octanol–water partition coefficient (Wildman–Crippen LogP) is 3.41. The van der Waals surface area contributed by atoms with Crippen LogP contribution < -0.4 is 5.32 Å². The second kappa shape index (κ2) is 3.87. The summed E-state index contributed by atoms with van der Waals surface area (Å²) in [4.78, 5) is 4.26. The number of nitrogens with one attached hydrogen (secondary N) is 1. The Kier molecular flexibility index (Phi) is 2.35. The van der Waals surface area contributed by atoms with Crippen LogP contribution in [0.25, 0.3) is 0 Å². The van der Waals surface area contributed by atoms with Crippen molar-refractivity contribution in [1.29, 1.82) is 0 Å². The van der Waals surface area contributed by atoms with Crippen molar-refractivity contribution in [3.63, 3.8) is 0 Å². The fraction of sp³-hybridized carbons (Fsp3) is 0.308. The van der Waals surface area contributed by atoms with E-state index in [1.165, 1.54) is 25.0 Å². The summed E-state index contributed by atoms with van der Waals surface area (Å²) in [5, 5.41) is 3.17. The molecule has 1 fully saturated rings. The van der Waals surface area contributed by atoms with Crippen LogP contribution in [0.3, 0.4) is 0 Å². The Hall–Kier alpha value is -1.84. The molecule has 0 atom stereocenters. The van der Waals surface area contributed by atoms with Crippen molar-refractivity contribution in [3.8, 4) is 0 Å². The van der Waals surface area contributed by atoms with Gasteiger partial charge in [-0.3, -0.25) is 0 Å². The molecule has 0 spiro atoms. The molecule has 2 aromatic rings. The average molecular weight is 231 g/mol. The van der Waals surface area contributed by atoms with Crippen molar-refractivity contribution in [1.82, 2.24) is 9.55 Å². The van der Waals surface area contributed by atoms with E-state index in [0.717, 1.165) is 17.2 Å². The minimum absolute atomic E-state index is 0.225. The van der Waals surface area contributed by atoms with Crippen molar-refractivity contribution in [2.45, 2.75) is 25.8 Å². The van der Waals surface area contributed by atoms with Gasteiger partial charge in [0.2, 0.25) is 5.95 Å². The fourth-order valence-electron chi connectivity index (χ4n) is 1.99. The molecule has 4 heteroatoms. The molecule has 0 bridgehead atoms. The van der Waals surface area contributed by atoms with Gasteiger partial charge in [-0.05, 0) is 43.5 Å². The van der Waals surface area contributed by atoms with Crippen molar-refractivity contribution in [3.05, 3.63) is 42.0 Å². The van der Waals surface area contributed by atoms with Gasteiger partial charge in [0.05, 0.1) is 0 Å².